The first kappa shape index (κ1) is 15.4. The predicted octanol–water partition coefficient (Wildman–Crippen LogP) is 2.61. The van der Waals surface area contributed by atoms with Crippen LogP contribution in [0.1, 0.15) is 23.2 Å². The van der Waals surface area contributed by atoms with Gasteiger partial charge in [-0.1, -0.05) is 12.1 Å². The monoisotopic (exact) mass is 355 g/mol. The third-order valence-corrected chi connectivity index (χ3v) is 4.34. The van der Waals surface area contributed by atoms with Crippen molar-refractivity contribution in [1.29, 1.82) is 0 Å². The number of aromatic amines is 2. The molecule has 4 rings (SSSR count). The molecule has 0 atom stereocenters. The van der Waals surface area contributed by atoms with E-state index in [1.165, 1.54) is 23.0 Å². The van der Waals surface area contributed by atoms with E-state index >= 15 is 0 Å². The Bertz CT molecular complexity index is 1050. The second-order valence-corrected chi connectivity index (χ2v) is 6.03. The molecule has 2 aromatic heterocycles. The highest BCUT2D eigenvalue weighted by atomic mass is 32.1. The molecular weight excluding hydrogens is 342 g/mol. The molecule has 0 unspecified atom stereocenters. The van der Waals surface area contributed by atoms with Gasteiger partial charge in [0.15, 0.2) is 0 Å². The van der Waals surface area contributed by atoms with Gasteiger partial charge in [-0.25, -0.2) is 5.10 Å². The number of aromatic nitrogens is 5. The maximum absolute atomic E-state index is 10.9. The van der Waals surface area contributed by atoms with E-state index in [1.807, 2.05) is 0 Å². The van der Waals surface area contributed by atoms with Gasteiger partial charge in [0.1, 0.15) is 5.69 Å². The van der Waals surface area contributed by atoms with Gasteiger partial charge in [0.05, 0.1) is 11.1 Å². The molecule has 0 spiro atoms. The van der Waals surface area contributed by atoms with Crippen molar-refractivity contribution in [2.75, 3.05) is 0 Å². The van der Waals surface area contributed by atoms with Gasteiger partial charge in [-0.05, 0) is 31.5 Å². The van der Waals surface area contributed by atoms with Crippen LogP contribution in [-0.2, 0) is 12.8 Å². The molecule has 1 aromatic carbocycles. The Balaban J connectivity index is 1.72. The fraction of sp³-hybridized carbons (Fsp3) is 0.200. The zero-order valence-electron chi connectivity index (χ0n) is 13.0. The average Bonchev–Trinajstić information content (AvgIpc) is 3.29. The van der Waals surface area contributed by atoms with Crippen molar-refractivity contribution < 1.29 is 4.92 Å². The van der Waals surface area contributed by atoms with E-state index in [0.29, 0.717) is 16.2 Å². The molecule has 10 heteroatoms. The Kier molecular flexibility index (Phi) is 3.73. The highest BCUT2D eigenvalue weighted by Gasteiger charge is 2.23. The molecule has 1 aliphatic carbocycles. The van der Waals surface area contributed by atoms with Gasteiger partial charge in [0.25, 0.3) is 5.69 Å². The molecule has 0 bridgehead atoms. The average molecular weight is 355 g/mol. The summed E-state index contributed by atoms with van der Waals surface area (Å²) in [6.07, 6.45) is 4.51. The van der Waals surface area contributed by atoms with Crippen molar-refractivity contribution in [3.63, 3.8) is 0 Å². The normalized spacial score (nSPS) is 13.4. The SMILES string of the molecule is O=[N+]([O-])c1cccc(C=Nn2c(-c3n[nH]c4c3CCC4)n[nH]c2=S)c1. The first-order valence-corrected chi connectivity index (χ1v) is 8.07. The largest absolute Gasteiger partial charge is 0.282 e. The maximum atomic E-state index is 10.9. The third-order valence-electron chi connectivity index (χ3n) is 4.07. The highest BCUT2D eigenvalue weighted by molar-refractivity contribution is 7.71. The van der Waals surface area contributed by atoms with Gasteiger partial charge >= 0.3 is 0 Å². The molecule has 126 valence electrons. The van der Waals surface area contributed by atoms with Gasteiger partial charge < -0.3 is 0 Å². The number of benzene rings is 1. The van der Waals surface area contributed by atoms with Crippen molar-refractivity contribution in [3.8, 4) is 11.5 Å². The molecule has 3 aromatic rings. The van der Waals surface area contributed by atoms with Gasteiger partial charge in [-0.2, -0.15) is 20.0 Å². The Hall–Kier alpha value is -3.14. The minimum Gasteiger partial charge on any atom is -0.282 e. The molecule has 0 saturated heterocycles. The summed E-state index contributed by atoms with van der Waals surface area (Å²) < 4.78 is 1.80. The fourth-order valence-corrected chi connectivity index (χ4v) is 3.08. The highest BCUT2D eigenvalue weighted by Crippen LogP contribution is 2.29. The lowest BCUT2D eigenvalue weighted by Crippen LogP contribution is -1.97. The van der Waals surface area contributed by atoms with Crippen molar-refractivity contribution >= 4 is 24.1 Å². The standard InChI is InChI=1S/C15H13N7O2S/c23-22(24)10-4-1-3-9(7-10)8-16-21-14(19-20-15(21)25)13-11-5-2-6-12(11)17-18-13/h1,3-4,7-8H,2,5-6H2,(H,17,18)(H,20,25). The number of nitro benzene ring substituents is 1. The van der Waals surface area contributed by atoms with Crippen molar-refractivity contribution in [2.24, 2.45) is 5.10 Å². The van der Waals surface area contributed by atoms with E-state index < -0.39 is 4.92 Å². The number of nitrogens with zero attached hydrogens (tertiary/aromatic N) is 5. The van der Waals surface area contributed by atoms with Crippen molar-refractivity contribution in [2.45, 2.75) is 19.3 Å². The lowest BCUT2D eigenvalue weighted by Gasteiger charge is -2.00. The zero-order chi connectivity index (χ0) is 17.4. The number of non-ortho nitro benzene ring substituents is 1. The smallest absolute Gasteiger partial charge is 0.270 e. The molecule has 0 fully saturated rings. The summed E-state index contributed by atoms with van der Waals surface area (Å²) in [7, 11) is 0. The molecule has 25 heavy (non-hydrogen) atoms. The number of aryl methyl sites for hydroxylation is 1. The molecule has 0 aliphatic heterocycles. The van der Waals surface area contributed by atoms with E-state index in [2.05, 4.69) is 25.5 Å². The van der Waals surface area contributed by atoms with Crippen molar-refractivity contribution in [3.05, 3.63) is 56.0 Å². The predicted molar refractivity (Wildman–Crippen MR) is 93.1 cm³/mol. The molecule has 0 saturated carbocycles. The Morgan fingerprint density at radius 1 is 1.32 bits per heavy atom. The Morgan fingerprint density at radius 2 is 2.20 bits per heavy atom. The minimum absolute atomic E-state index is 0.00471. The molecule has 2 N–H and O–H groups in total. The quantitative estimate of drug-likeness (QED) is 0.323. The van der Waals surface area contributed by atoms with E-state index in [1.54, 1.807) is 12.1 Å². The number of hydrogen-bond acceptors (Lipinski definition) is 6. The van der Waals surface area contributed by atoms with Crippen LogP contribution in [0.25, 0.3) is 11.5 Å². The zero-order valence-corrected chi connectivity index (χ0v) is 13.8. The summed E-state index contributed by atoms with van der Waals surface area (Å²) in [6, 6.07) is 6.21. The van der Waals surface area contributed by atoms with Crippen molar-refractivity contribution in [1.82, 2.24) is 25.1 Å². The summed E-state index contributed by atoms with van der Waals surface area (Å²) in [5.41, 5.74) is 3.59. The van der Waals surface area contributed by atoms with Crippen LogP contribution >= 0.6 is 12.2 Å². The fourth-order valence-electron chi connectivity index (χ4n) is 2.90. The maximum Gasteiger partial charge on any atom is 0.270 e. The molecule has 2 heterocycles. The van der Waals surface area contributed by atoms with E-state index in [9.17, 15) is 10.1 Å². The first-order chi connectivity index (χ1) is 12.1. The second-order valence-electron chi connectivity index (χ2n) is 5.64. The topological polar surface area (TPSA) is 118 Å². The molecular formula is C15H13N7O2S. The van der Waals surface area contributed by atoms with Gasteiger partial charge in [-0.3, -0.25) is 15.2 Å². The second kappa shape index (κ2) is 6.06. The number of rotatable bonds is 4. The van der Waals surface area contributed by atoms with Crippen LogP contribution < -0.4 is 0 Å². The van der Waals surface area contributed by atoms with Crippen LogP contribution in [0.2, 0.25) is 0 Å². The van der Waals surface area contributed by atoms with Gasteiger partial charge in [-0.15, -0.1) is 0 Å². The first-order valence-electron chi connectivity index (χ1n) is 7.66. The van der Waals surface area contributed by atoms with Gasteiger partial charge in [0.2, 0.25) is 10.6 Å². The van der Waals surface area contributed by atoms with Gasteiger partial charge in [0, 0.05) is 29.0 Å². The molecule has 1 aliphatic rings. The van der Waals surface area contributed by atoms with E-state index in [-0.39, 0.29) is 5.69 Å². The number of nitrogens with one attached hydrogen (secondary N) is 2. The Morgan fingerprint density at radius 3 is 3.04 bits per heavy atom. The lowest BCUT2D eigenvalue weighted by atomic mass is 10.2. The van der Waals surface area contributed by atoms with Crippen LogP contribution in [0, 0.1) is 14.9 Å². The number of nitro groups is 1. The van der Waals surface area contributed by atoms with Crippen LogP contribution in [0.3, 0.4) is 0 Å². The summed E-state index contributed by atoms with van der Waals surface area (Å²) in [5.74, 6) is 0.520. The summed E-state index contributed by atoms with van der Waals surface area (Å²) in [4.78, 5) is 10.4. The van der Waals surface area contributed by atoms with Crippen LogP contribution in [0.5, 0.6) is 0 Å². The van der Waals surface area contributed by atoms with E-state index in [4.69, 9.17) is 12.2 Å². The van der Waals surface area contributed by atoms with Crippen LogP contribution in [-0.4, -0.2) is 36.2 Å². The number of H-pyrrole nitrogens is 2. The van der Waals surface area contributed by atoms with Crippen LogP contribution in [0.4, 0.5) is 5.69 Å². The minimum atomic E-state index is -0.445. The summed E-state index contributed by atoms with van der Waals surface area (Å²) >= 11 is 5.24. The number of hydrogen-bond donors (Lipinski definition) is 2. The van der Waals surface area contributed by atoms with E-state index in [0.717, 1.165) is 36.2 Å². The third kappa shape index (κ3) is 2.76. The molecule has 0 radical (unpaired) electrons. The van der Waals surface area contributed by atoms with Crippen LogP contribution in [0.15, 0.2) is 29.4 Å². The summed E-state index contributed by atoms with van der Waals surface area (Å²) in [5, 5.41) is 29.5. The molecule has 9 nitrogen and oxygen atoms in total. The number of fused-ring (bicyclic) bond motifs is 1. The molecule has 0 amide bonds. The summed E-state index contributed by atoms with van der Waals surface area (Å²) in [6.45, 7) is 0. The lowest BCUT2D eigenvalue weighted by molar-refractivity contribution is -0.384. The Labute approximate surface area is 146 Å².